The summed E-state index contributed by atoms with van der Waals surface area (Å²) in [5, 5.41) is 3.96. The largest absolute Gasteiger partial charge is 0.361 e. The van der Waals surface area contributed by atoms with Gasteiger partial charge in [-0.1, -0.05) is 5.16 Å². The van der Waals surface area contributed by atoms with Gasteiger partial charge < -0.3 is 9.42 Å². The van der Waals surface area contributed by atoms with Crippen LogP contribution in [0.15, 0.2) is 10.6 Å². The minimum Gasteiger partial charge on any atom is -0.361 e. The van der Waals surface area contributed by atoms with Crippen molar-refractivity contribution >= 4 is 5.82 Å². The summed E-state index contributed by atoms with van der Waals surface area (Å²) in [4.78, 5) is 10.8. The first-order chi connectivity index (χ1) is 8.47. The Morgan fingerprint density at radius 2 is 1.89 bits per heavy atom. The number of aromatic nitrogens is 3. The molecular formula is C13H18N4O. The number of rotatable bonds is 3. The van der Waals surface area contributed by atoms with E-state index in [0.717, 1.165) is 40.9 Å². The van der Waals surface area contributed by atoms with Crippen LogP contribution < -0.4 is 4.90 Å². The van der Waals surface area contributed by atoms with Crippen molar-refractivity contribution in [3.05, 3.63) is 34.6 Å². The van der Waals surface area contributed by atoms with Gasteiger partial charge >= 0.3 is 0 Å². The monoisotopic (exact) mass is 246 g/mol. The van der Waals surface area contributed by atoms with E-state index in [1.54, 1.807) is 0 Å². The van der Waals surface area contributed by atoms with Gasteiger partial charge in [0.15, 0.2) is 0 Å². The van der Waals surface area contributed by atoms with Crippen molar-refractivity contribution in [3.63, 3.8) is 0 Å². The van der Waals surface area contributed by atoms with E-state index in [-0.39, 0.29) is 0 Å². The summed E-state index contributed by atoms with van der Waals surface area (Å²) < 4.78 is 5.17. The van der Waals surface area contributed by atoms with Crippen LogP contribution in [0.3, 0.4) is 0 Å². The van der Waals surface area contributed by atoms with Gasteiger partial charge in [0.05, 0.1) is 5.69 Å². The fourth-order valence-electron chi connectivity index (χ4n) is 1.94. The number of anilines is 1. The predicted molar refractivity (Wildman–Crippen MR) is 69.6 cm³/mol. The van der Waals surface area contributed by atoms with E-state index in [2.05, 4.69) is 20.0 Å². The number of hydrogen-bond donors (Lipinski definition) is 0. The Morgan fingerprint density at radius 3 is 2.44 bits per heavy atom. The minimum absolute atomic E-state index is 0.733. The first-order valence-electron chi connectivity index (χ1n) is 5.92. The highest BCUT2D eigenvalue weighted by Gasteiger charge is 2.13. The lowest BCUT2D eigenvalue weighted by atomic mass is 10.2. The molecule has 0 N–H and O–H groups in total. The first kappa shape index (κ1) is 12.5. The molecule has 0 spiro atoms. The lowest BCUT2D eigenvalue weighted by Crippen LogP contribution is -2.19. The molecule has 96 valence electrons. The molecule has 0 amide bonds. The molecule has 0 saturated carbocycles. The molecule has 5 nitrogen and oxygen atoms in total. The smallest absolute Gasteiger partial charge is 0.138 e. The summed E-state index contributed by atoms with van der Waals surface area (Å²) in [7, 11) is 2.01. The van der Waals surface area contributed by atoms with E-state index in [1.807, 2.05) is 40.8 Å². The second-order valence-corrected chi connectivity index (χ2v) is 4.57. The Bertz CT molecular complexity index is 522. The fraction of sp³-hybridized carbons (Fsp3) is 0.462. The van der Waals surface area contributed by atoms with Crippen LogP contribution in [0.5, 0.6) is 0 Å². The molecule has 2 aromatic rings. The molecule has 0 radical (unpaired) electrons. The SMILES string of the molecule is Cc1cc(N(C)Cc2c(C)noc2C)nc(C)n1. The zero-order valence-corrected chi connectivity index (χ0v) is 11.5. The maximum atomic E-state index is 5.17. The van der Waals surface area contributed by atoms with Crippen molar-refractivity contribution in [2.24, 2.45) is 0 Å². The van der Waals surface area contributed by atoms with Crippen LogP contribution in [-0.4, -0.2) is 22.2 Å². The highest BCUT2D eigenvalue weighted by atomic mass is 16.5. The average molecular weight is 246 g/mol. The molecule has 0 aliphatic rings. The normalized spacial score (nSPS) is 10.7. The van der Waals surface area contributed by atoms with Crippen LogP contribution in [-0.2, 0) is 6.54 Å². The summed E-state index contributed by atoms with van der Waals surface area (Å²) in [6.45, 7) is 8.50. The van der Waals surface area contributed by atoms with Gasteiger partial charge in [0.25, 0.3) is 0 Å². The van der Waals surface area contributed by atoms with E-state index < -0.39 is 0 Å². The molecule has 2 rings (SSSR count). The third kappa shape index (κ3) is 2.50. The van der Waals surface area contributed by atoms with E-state index >= 15 is 0 Å². The van der Waals surface area contributed by atoms with Gasteiger partial charge in [-0.15, -0.1) is 0 Å². The lowest BCUT2D eigenvalue weighted by Gasteiger charge is -2.18. The quantitative estimate of drug-likeness (QED) is 0.832. The molecule has 0 saturated heterocycles. The molecule has 0 bridgehead atoms. The van der Waals surface area contributed by atoms with Crippen LogP contribution in [0.2, 0.25) is 0 Å². The Kier molecular flexibility index (Phi) is 3.32. The van der Waals surface area contributed by atoms with Gasteiger partial charge in [0.1, 0.15) is 17.4 Å². The third-order valence-corrected chi connectivity index (χ3v) is 2.92. The van der Waals surface area contributed by atoms with Gasteiger partial charge in [-0.3, -0.25) is 0 Å². The van der Waals surface area contributed by atoms with Crippen molar-refractivity contribution in [2.75, 3.05) is 11.9 Å². The van der Waals surface area contributed by atoms with Crippen LogP contribution in [0.1, 0.15) is 28.5 Å². The Hall–Kier alpha value is -1.91. The topological polar surface area (TPSA) is 55.1 Å². The van der Waals surface area contributed by atoms with Gasteiger partial charge in [0, 0.05) is 30.9 Å². The van der Waals surface area contributed by atoms with E-state index in [1.165, 1.54) is 0 Å². The highest BCUT2D eigenvalue weighted by molar-refractivity contribution is 5.40. The zero-order chi connectivity index (χ0) is 13.3. The van der Waals surface area contributed by atoms with Crippen molar-refractivity contribution in [3.8, 4) is 0 Å². The van der Waals surface area contributed by atoms with Crippen LogP contribution in [0, 0.1) is 27.7 Å². The second kappa shape index (κ2) is 4.76. The van der Waals surface area contributed by atoms with Crippen molar-refractivity contribution in [1.82, 2.24) is 15.1 Å². The molecule has 0 aliphatic carbocycles. The summed E-state index contributed by atoms with van der Waals surface area (Å²) in [5.74, 6) is 2.57. The van der Waals surface area contributed by atoms with Crippen molar-refractivity contribution in [2.45, 2.75) is 34.2 Å². The lowest BCUT2D eigenvalue weighted by molar-refractivity contribution is 0.392. The summed E-state index contributed by atoms with van der Waals surface area (Å²) >= 11 is 0. The van der Waals surface area contributed by atoms with Crippen LogP contribution >= 0.6 is 0 Å². The maximum Gasteiger partial charge on any atom is 0.138 e. The van der Waals surface area contributed by atoms with E-state index in [9.17, 15) is 0 Å². The second-order valence-electron chi connectivity index (χ2n) is 4.57. The average Bonchev–Trinajstić information content (AvgIpc) is 2.59. The van der Waals surface area contributed by atoms with Gasteiger partial charge in [-0.2, -0.15) is 0 Å². The molecule has 18 heavy (non-hydrogen) atoms. The highest BCUT2D eigenvalue weighted by Crippen LogP contribution is 2.18. The summed E-state index contributed by atoms with van der Waals surface area (Å²) in [6, 6.07) is 1.98. The van der Waals surface area contributed by atoms with Gasteiger partial charge in [-0.05, 0) is 27.7 Å². The molecule has 0 aromatic carbocycles. The number of hydrogen-bond acceptors (Lipinski definition) is 5. The first-order valence-corrected chi connectivity index (χ1v) is 5.92. The maximum absolute atomic E-state index is 5.17. The summed E-state index contributed by atoms with van der Waals surface area (Å²) in [5.41, 5.74) is 3.02. The minimum atomic E-state index is 0.733. The molecule has 0 unspecified atom stereocenters. The number of nitrogens with zero attached hydrogens (tertiary/aromatic N) is 4. The molecule has 5 heteroatoms. The van der Waals surface area contributed by atoms with E-state index in [0.29, 0.717) is 0 Å². The van der Waals surface area contributed by atoms with Crippen LogP contribution in [0.4, 0.5) is 5.82 Å². The van der Waals surface area contributed by atoms with Crippen molar-refractivity contribution < 1.29 is 4.52 Å². The number of aryl methyl sites for hydroxylation is 4. The molecule has 2 heterocycles. The fourth-order valence-corrected chi connectivity index (χ4v) is 1.94. The molecule has 0 fully saturated rings. The molecule has 0 aliphatic heterocycles. The molecule has 0 atom stereocenters. The zero-order valence-electron chi connectivity index (χ0n) is 11.5. The summed E-state index contributed by atoms with van der Waals surface area (Å²) in [6.07, 6.45) is 0. The third-order valence-electron chi connectivity index (χ3n) is 2.92. The Balaban J connectivity index is 2.24. The predicted octanol–water partition coefficient (Wildman–Crippen LogP) is 2.33. The Morgan fingerprint density at radius 1 is 1.17 bits per heavy atom. The standard InChI is InChI=1S/C13H18N4O/c1-8-6-13(15-11(4)14-8)17(5)7-12-9(2)16-18-10(12)3/h6H,7H2,1-5H3. The molecule has 2 aromatic heterocycles. The van der Waals surface area contributed by atoms with Crippen LogP contribution in [0.25, 0.3) is 0 Å². The van der Waals surface area contributed by atoms with E-state index in [4.69, 9.17) is 4.52 Å². The van der Waals surface area contributed by atoms with Gasteiger partial charge in [-0.25, -0.2) is 9.97 Å². The Labute approximate surface area is 107 Å². The van der Waals surface area contributed by atoms with Gasteiger partial charge in [0.2, 0.25) is 0 Å². The van der Waals surface area contributed by atoms with Crippen molar-refractivity contribution in [1.29, 1.82) is 0 Å². The molecular weight excluding hydrogens is 228 g/mol.